The van der Waals surface area contributed by atoms with Gasteiger partial charge in [0, 0.05) is 24.0 Å². The molecule has 0 bridgehead atoms. The first-order valence-electron chi connectivity index (χ1n) is 9.89. The Morgan fingerprint density at radius 2 is 2.21 bits per heavy atom. The topological polar surface area (TPSA) is 70.2 Å². The number of carbonyl (C=O) groups is 1. The van der Waals surface area contributed by atoms with E-state index < -0.39 is 0 Å². The van der Waals surface area contributed by atoms with Crippen molar-refractivity contribution in [2.45, 2.75) is 38.4 Å². The van der Waals surface area contributed by atoms with Crippen LogP contribution in [0.3, 0.4) is 0 Å². The highest BCUT2D eigenvalue weighted by Crippen LogP contribution is 2.24. The van der Waals surface area contributed by atoms with Crippen LogP contribution in [0.4, 0.5) is 0 Å². The number of hydrogen-bond acceptors (Lipinski definition) is 4. The number of fused-ring (bicyclic) bond motifs is 1. The minimum atomic E-state index is 0.196. The number of methoxy groups -OCH3 is 1. The van der Waals surface area contributed by atoms with Crippen molar-refractivity contribution in [3.8, 4) is 5.75 Å². The van der Waals surface area contributed by atoms with Crippen molar-refractivity contribution in [1.82, 2.24) is 20.2 Å². The second-order valence-electron chi connectivity index (χ2n) is 7.38. The minimum Gasteiger partial charge on any atom is -0.497 e. The molecule has 3 aromatic rings. The van der Waals surface area contributed by atoms with E-state index in [-0.39, 0.29) is 11.9 Å². The van der Waals surface area contributed by atoms with Crippen LogP contribution in [0.25, 0.3) is 11.0 Å². The van der Waals surface area contributed by atoms with Crippen molar-refractivity contribution < 1.29 is 9.53 Å². The number of ether oxygens (including phenoxy) is 1. The van der Waals surface area contributed by atoms with Crippen LogP contribution in [0.15, 0.2) is 42.5 Å². The Morgan fingerprint density at radius 1 is 1.31 bits per heavy atom. The molecule has 2 aromatic carbocycles. The summed E-state index contributed by atoms with van der Waals surface area (Å²) in [6, 6.07) is 13.9. The van der Waals surface area contributed by atoms with Gasteiger partial charge in [-0.15, -0.1) is 0 Å². The zero-order valence-corrected chi connectivity index (χ0v) is 17.2. The number of aromatic amines is 1. The van der Waals surface area contributed by atoms with Gasteiger partial charge in [-0.25, -0.2) is 4.98 Å². The van der Waals surface area contributed by atoms with Gasteiger partial charge in [-0.3, -0.25) is 4.79 Å². The third-order valence-electron chi connectivity index (χ3n) is 5.38. The molecule has 29 heavy (non-hydrogen) atoms. The number of rotatable bonds is 8. The predicted octanol–water partition coefficient (Wildman–Crippen LogP) is 3.90. The first kappa shape index (κ1) is 19.7. The monoisotopic (exact) mass is 412 g/mol. The van der Waals surface area contributed by atoms with E-state index in [1.54, 1.807) is 7.11 Å². The molecule has 2 heterocycles. The molecular weight excluding hydrogens is 388 g/mol. The number of imidazole rings is 1. The smallest absolute Gasteiger partial charge is 0.223 e. The molecule has 6 nitrogen and oxygen atoms in total. The zero-order valence-electron chi connectivity index (χ0n) is 16.5. The van der Waals surface area contributed by atoms with Gasteiger partial charge < -0.3 is 19.9 Å². The van der Waals surface area contributed by atoms with Crippen LogP contribution < -0.4 is 10.1 Å². The molecule has 4 rings (SSSR count). The van der Waals surface area contributed by atoms with Crippen molar-refractivity contribution >= 4 is 28.5 Å². The number of halogens is 1. The summed E-state index contributed by atoms with van der Waals surface area (Å²) in [7, 11) is 1.68. The Labute approximate surface area is 175 Å². The highest BCUT2D eigenvalue weighted by molar-refractivity contribution is 6.31. The Balaban J connectivity index is 1.32. The van der Waals surface area contributed by atoms with Crippen LogP contribution in [-0.2, 0) is 17.9 Å². The number of nitrogens with zero attached hydrogens (tertiary/aromatic N) is 2. The van der Waals surface area contributed by atoms with Crippen LogP contribution in [-0.4, -0.2) is 40.5 Å². The van der Waals surface area contributed by atoms with Gasteiger partial charge >= 0.3 is 0 Å². The Bertz CT molecular complexity index is 1000. The molecule has 0 saturated carbocycles. The van der Waals surface area contributed by atoms with E-state index in [0.29, 0.717) is 18.0 Å². The molecule has 1 aliphatic heterocycles. The van der Waals surface area contributed by atoms with Gasteiger partial charge in [0.25, 0.3) is 0 Å². The number of nitrogens with one attached hydrogen (secondary N) is 2. The maximum atomic E-state index is 12.4. The first-order chi connectivity index (χ1) is 14.1. The SMILES string of the molecule is COc1cccc(CNCC[C@H]2CCC(=O)N2Cc2nc3ccc(Cl)cc3[nH]2)c1. The lowest BCUT2D eigenvalue weighted by molar-refractivity contribution is -0.129. The van der Waals surface area contributed by atoms with E-state index in [1.165, 1.54) is 5.56 Å². The molecule has 0 unspecified atom stereocenters. The Kier molecular flexibility index (Phi) is 6.02. The summed E-state index contributed by atoms with van der Waals surface area (Å²) >= 11 is 6.05. The lowest BCUT2D eigenvalue weighted by atomic mass is 10.1. The normalized spacial score (nSPS) is 16.7. The molecular formula is C22H25ClN4O2. The Hall–Kier alpha value is -2.57. The number of likely N-dealkylation sites (tertiary alicyclic amines) is 1. The molecule has 0 spiro atoms. The summed E-state index contributed by atoms with van der Waals surface area (Å²) in [5.41, 5.74) is 2.95. The van der Waals surface area contributed by atoms with Crippen LogP contribution >= 0.6 is 11.6 Å². The first-order valence-corrected chi connectivity index (χ1v) is 10.3. The van der Waals surface area contributed by atoms with E-state index >= 15 is 0 Å². The van der Waals surface area contributed by atoms with E-state index in [4.69, 9.17) is 16.3 Å². The van der Waals surface area contributed by atoms with Gasteiger partial charge in [0.15, 0.2) is 0 Å². The lowest BCUT2D eigenvalue weighted by Gasteiger charge is -2.24. The molecule has 7 heteroatoms. The molecule has 0 aliphatic carbocycles. The van der Waals surface area contributed by atoms with Crippen LogP contribution in [0.1, 0.15) is 30.7 Å². The molecule has 1 saturated heterocycles. The summed E-state index contributed by atoms with van der Waals surface area (Å²) < 4.78 is 5.27. The van der Waals surface area contributed by atoms with Gasteiger partial charge in [-0.2, -0.15) is 0 Å². The summed E-state index contributed by atoms with van der Waals surface area (Å²) in [6.07, 6.45) is 2.42. The maximum absolute atomic E-state index is 12.4. The molecule has 1 atom stereocenters. The maximum Gasteiger partial charge on any atom is 0.223 e. The van der Waals surface area contributed by atoms with Crippen molar-refractivity contribution in [3.63, 3.8) is 0 Å². The fourth-order valence-electron chi connectivity index (χ4n) is 3.87. The molecule has 1 aliphatic rings. The molecule has 1 aromatic heterocycles. The van der Waals surface area contributed by atoms with Crippen LogP contribution in [0.5, 0.6) is 5.75 Å². The average Bonchev–Trinajstić information content (AvgIpc) is 3.28. The fraction of sp³-hybridized carbons (Fsp3) is 0.364. The second kappa shape index (κ2) is 8.84. The summed E-state index contributed by atoms with van der Waals surface area (Å²) in [6.45, 7) is 2.13. The van der Waals surface area contributed by atoms with Crippen molar-refractivity contribution in [2.75, 3.05) is 13.7 Å². The Morgan fingerprint density at radius 3 is 3.07 bits per heavy atom. The zero-order chi connectivity index (χ0) is 20.2. The molecule has 152 valence electrons. The largest absolute Gasteiger partial charge is 0.497 e. The third kappa shape index (κ3) is 4.71. The van der Waals surface area contributed by atoms with Crippen LogP contribution in [0, 0.1) is 0 Å². The number of carbonyl (C=O) groups excluding carboxylic acids is 1. The minimum absolute atomic E-state index is 0.196. The van der Waals surface area contributed by atoms with E-state index in [0.717, 1.165) is 48.5 Å². The third-order valence-corrected chi connectivity index (χ3v) is 5.62. The highest BCUT2D eigenvalue weighted by Gasteiger charge is 2.31. The van der Waals surface area contributed by atoms with Gasteiger partial charge in [-0.1, -0.05) is 23.7 Å². The number of amides is 1. The lowest BCUT2D eigenvalue weighted by Crippen LogP contribution is -2.35. The summed E-state index contributed by atoms with van der Waals surface area (Å²) in [5.74, 6) is 1.86. The van der Waals surface area contributed by atoms with Crippen molar-refractivity contribution in [2.24, 2.45) is 0 Å². The molecule has 1 amide bonds. The van der Waals surface area contributed by atoms with E-state index in [1.807, 2.05) is 41.3 Å². The van der Waals surface area contributed by atoms with Gasteiger partial charge in [0.1, 0.15) is 11.6 Å². The number of hydrogen-bond donors (Lipinski definition) is 2. The van der Waals surface area contributed by atoms with Crippen molar-refractivity contribution in [3.05, 3.63) is 58.9 Å². The fourth-order valence-corrected chi connectivity index (χ4v) is 4.04. The van der Waals surface area contributed by atoms with Gasteiger partial charge in [0.2, 0.25) is 5.91 Å². The van der Waals surface area contributed by atoms with Gasteiger partial charge in [0.05, 0.1) is 24.7 Å². The quantitative estimate of drug-likeness (QED) is 0.550. The van der Waals surface area contributed by atoms with E-state index in [2.05, 4.69) is 21.4 Å². The van der Waals surface area contributed by atoms with Crippen molar-refractivity contribution in [1.29, 1.82) is 0 Å². The number of benzene rings is 2. The number of H-pyrrole nitrogens is 1. The average molecular weight is 413 g/mol. The number of aromatic nitrogens is 2. The molecule has 0 radical (unpaired) electrons. The molecule has 1 fully saturated rings. The summed E-state index contributed by atoms with van der Waals surface area (Å²) in [4.78, 5) is 22.3. The summed E-state index contributed by atoms with van der Waals surface area (Å²) in [5, 5.41) is 4.15. The standard InChI is InChI=1S/C22H25ClN4O2/c1-29-18-4-2-3-15(11-18)13-24-10-9-17-6-8-22(28)27(17)14-21-25-19-7-5-16(23)12-20(19)26-21/h2-5,7,11-12,17,24H,6,8-10,13-14H2,1H3,(H,25,26)/t17-/m1/s1. The van der Waals surface area contributed by atoms with Gasteiger partial charge in [-0.05, 0) is 55.3 Å². The predicted molar refractivity (Wildman–Crippen MR) is 114 cm³/mol. The van der Waals surface area contributed by atoms with E-state index in [9.17, 15) is 4.79 Å². The second-order valence-corrected chi connectivity index (χ2v) is 7.81. The highest BCUT2D eigenvalue weighted by atomic mass is 35.5. The van der Waals surface area contributed by atoms with Crippen LogP contribution in [0.2, 0.25) is 5.02 Å². The molecule has 2 N–H and O–H groups in total.